The Bertz CT molecular complexity index is 913. The molecule has 0 fully saturated rings. The molecule has 0 radical (unpaired) electrons. The average molecular weight is 346 g/mol. The minimum atomic E-state index is -1.24. The fourth-order valence-electron chi connectivity index (χ4n) is 3.52. The van der Waals surface area contributed by atoms with E-state index in [-0.39, 0.29) is 5.69 Å². The standard InChI is InChI=1S/C18H13F3N2O2/c19-10-3-4-14(13(21)8-10)22-17(24)15-12-7-11(20)6-9-2-1-5-23(16(9)12)18(15)25/h3-4,6-8,15H,1-2,5H2,(H,22,24). The second kappa shape index (κ2) is 5.61. The molecule has 1 N–H and O–H groups in total. The predicted molar refractivity (Wildman–Crippen MR) is 84.8 cm³/mol. The number of aryl methyl sites for hydroxylation is 1. The predicted octanol–water partition coefficient (Wildman–Crippen LogP) is 3.12. The van der Waals surface area contributed by atoms with Crippen molar-refractivity contribution in [2.45, 2.75) is 18.8 Å². The van der Waals surface area contributed by atoms with Crippen molar-refractivity contribution in [2.75, 3.05) is 16.8 Å². The molecule has 4 rings (SSSR count). The summed E-state index contributed by atoms with van der Waals surface area (Å²) in [6.45, 7) is 0.457. The van der Waals surface area contributed by atoms with Crippen molar-refractivity contribution >= 4 is 23.2 Å². The highest BCUT2D eigenvalue weighted by Crippen LogP contribution is 2.43. The molecule has 2 aliphatic heterocycles. The van der Waals surface area contributed by atoms with Crippen LogP contribution in [0.1, 0.15) is 23.5 Å². The zero-order valence-corrected chi connectivity index (χ0v) is 13.0. The average Bonchev–Trinajstić information content (AvgIpc) is 2.84. The van der Waals surface area contributed by atoms with Crippen LogP contribution in [0.15, 0.2) is 30.3 Å². The Balaban J connectivity index is 1.72. The molecule has 2 aromatic carbocycles. The van der Waals surface area contributed by atoms with E-state index in [0.29, 0.717) is 42.3 Å². The fraction of sp³-hybridized carbons (Fsp3) is 0.222. The van der Waals surface area contributed by atoms with Gasteiger partial charge in [0, 0.05) is 18.2 Å². The summed E-state index contributed by atoms with van der Waals surface area (Å²) in [4.78, 5) is 26.7. The lowest BCUT2D eigenvalue weighted by Crippen LogP contribution is -2.36. The first kappa shape index (κ1) is 15.7. The first-order valence-electron chi connectivity index (χ1n) is 7.85. The largest absolute Gasteiger partial charge is 0.323 e. The van der Waals surface area contributed by atoms with Crippen molar-refractivity contribution in [3.05, 3.63) is 58.9 Å². The van der Waals surface area contributed by atoms with E-state index in [4.69, 9.17) is 0 Å². The number of hydrogen-bond donors (Lipinski definition) is 1. The molecule has 2 amide bonds. The first-order chi connectivity index (χ1) is 12.0. The number of rotatable bonds is 2. The van der Waals surface area contributed by atoms with Crippen LogP contribution in [0.25, 0.3) is 0 Å². The summed E-state index contributed by atoms with van der Waals surface area (Å²) >= 11 is 0. The van der Waals surface area contributed by atoms with Crippen LogP contribution in [0.3, 0.4) is 0 Å². The third-order valence-corrected chi connectivity index (χ3v) is 4.56. The topological polar surface area (TPSA) is 49.4 Å². The smallest absolute Gasteiger partial charge is 0.244 e. The molecule has 128 valence electrons. The second-order valence-electron chi connectivity index (χ2n) is 6.14. The van der Waals surface area contributed by atoms with E-state index in [1.807, 2.05) is 0 Å². The highest BCUT2D eigenvalue weighted by molar-refractivity contribution is 6.21. The maximum absolute atomic E-state index is 13.9. The monoisotopic (exact) mass is 346 g/mol. The second-order valence-corrected chi connectivity index (χ2v) is 6.14. The van der Waals surface area contributed by atoms with Gasteiger partial charge in [-0.05, 0) is 42.7 Å². The summed E-state index contributed by atoms with van der Waals surface area (Å²) < 4.78 is 40.6. The maximum atomic E-state index is 13.9. The molecular formula is C18H13F3N2O2. The number of nitrogens with zero attached hydrogens (tertiary/aromatic N) is 1. The molecule has 0 bridgehead atoms. The molecule has 0 spiro atoms. The summed E-state index contributed by atoms with van der Waals surface area (Å²) in [5.74, 6) is -4.70. The van der Waals surface area contributed by atoms with Gasteiger partial charge in [-0.25, -0.2) is 13.2 Å². The highest BCUT2D eigenvalue weighted by Gasteiger charge is 2.44. The highest BCUT2D eigenvalue weighted by atomic mass is 19.1. The number of halogens is 3. The summed E-state index contributed by atoms with van der Waals surface area (Å²) in [5.41, 5.74) is 1.33. The molecule has 0 saturated heterocycles. The van der Waals surface area contributed by atoms with Gasteiger partial charge in [-0.2, -0.15) is 0 Å². The Hall–Kier alpha value is -2.83. The lowest BCUT2D eigenvalue weighted by molar-refractivity contribution is -0.126. The summed E-state index contributed by atoms with van der Waals surface area (Å²) in [5, 5.41) is 2.30. The Kier molecular flexibility index (Phi) is 3.52. The van der Waals surface area contributed by atoms with Crippen LogP contribution in [-0.4, -0.2) is 18.4 Å². The van der Waals surface area contributed by atoms with Gasteiger partial charge >= 0.3 is 0 Å². The van der Waals surface area contributed by atoms with Crippen LogP contribution in [0.4, 0.5) is 24.5 Å². The zero-order valence-electron chi connectivity index (χ0n) is 13.0. The minimum absolute atomic E-state index is 0.231. The summed E-state index contributed by atoms with van der Waals surface area (Å²) in [6.07, 6.45) is 1.31. The molecule has 25 heavy (non-hydrogen) atoms. The minimum Gasteiger partial charge on any atom is -0.323 e. The SMILES string of the molecule is O=C(Nc1ccc(F)cc1F)C1C(=O)N2CCCc3cc(F)cc1c32. The Morgan fingerprint density at radius 1 is 1.12 bits per heavy atom. The quantitative estimate of drug-likeness (QED) is 0.850. The van der Waals surface area contributed by atoms with E-state index in [2.05, 4.69) is 5.32 Å². The zero-order chi connectivity index (χ0) is 17.7. The van der Waals surface area contributed by atoms with Gasteiger partial charge in [0.15, 0.2) is 0 Å². The Morgan fingerprint density at radius 2 is 1.92 bits per heavy atom. The molecule has 0 saturated carbocycles. The van der Waals surface area contributed by atoms with Gasteiger partial charge in [-0.1, -0.05) is 0 Å². The Labute approximate surface area is 141 Å². The van der Waals surface area contributed by atoms with Crippen LogP contribution in [0.2, 0.25) is 0 Å². The van der Waals surface area contributed by atoms with Crippen LogP contribution < -0.4 is 10.2 Å². The molecule has 2 aromatic rings. The summed E-state index contributed by atoms with van der Waals surface area (Å²) in [7, 11) is 0. The maximum Gasteiger partial charge on any atom is 0.244 e. The van der Waals surface area contributed by atoms with Crippen molar-refractivity contribution in [3.63, 3.8) is 0 Å². The molecule has 0 aliphatic carbocycles. The molecule has 2 heterocycles. The third kappa shape index (κ3) is 2.47. The number of carbonyl (C=O) groups is 2. The van der Waals surface area contributed by atoms with Gasteiger partial charge < -0.3 is 10.2 Å². The molecule has 0 aromatic heterocycles. The normalized spacial score (nSPS) is 18.3. The van der Waals surface area contributed by atoms with E-state index >= 15 is 0 Å². The lowest BCUT2D eigenvalue weighted by Gasteiger charge is -2.25. The molecule has 7 heteroatoms. The number of nitrogens with one attached hydrogen (secondary N) is 1. The van der Waals surface area contributed by atoms with Crippen LogP contribution >= 0.6 is 0 Å². The fourth-order valence-corrected chi connectivity index (χ4v) is 3.52. The van der Waals surface area contributed by atoms with Gasteiger partial charge in [0.25, 0.3) is 0 Å². The van der Waals surface area contributed by atoms with Crippen molar-refractivity contribution in [1.29, 1.82) is 0 Å². The third-order valence-electron chi connectivity index (χ3n) is 4.56. The van der Waals surface area contributed by atoms with E-state index in [1.165, 1.54) is 17.0 Å². The van der Waals surface area contributed by atoms with Crippen molar-refractivity contribution < 1.29 is 22.8 Å². The lowest BCUT2D eigenvalue weighted by atomic mass is 9.95. The molecule has 2 aliphatic rings. The number of amides is 2. The summed E-state index contributed by atoms with van der Waals surface area (Å²) in [6, 6.07) is 5.26. The number of carbonyl (C=O) groups excluding carboxylic acids is 2. The van der Waals surface area contributed by atoms with Crippen molar-refractivity contribution in [3.8, 4) is 0 Å². The molecule has 4 nitrogen and oxygen atoms in total. The number of benzene rings is 2. The number of hydrogen-bond acceptors (Lipinski definition) is 2. The van der Waals surface area contributed by atoms with Crippen LogP contribution in [-0.2, 0) is 16.0 Å². The van der Waals surface area contributed by atoms with Gasteiger partial charge in [0.2, 0.25) is 11.8 Å². The van der Waals surface area contributed by atoms with Crippen LogP contribution in [0.5, 0.6) is 0 Å². The first-order valence-corrected chi connectivity index (χ1v) is 7.85. The Morgan fingerprint density at radius 3 is 2.68 bits per heavy atom. The number of anilines is 2. The molecule has 1 atom stereocenters. The molecular weight excluding hydrogens is 333 g/mol. The van der Waals surface area contributed by atoms with E-state index in [9.17, 15) is 22.8 Å². The van der Waals surface area contributed by atoms with Crippen molar-refractivity contribution in [2.24, 2.45) is 0 Å². The van der Waals surface area contributed by atoms with Crippen LogP contribution in [0, 0.1) is 17.5 Å². The van der Waals surface area contributed by atoms with Gasteiger partial charge in [-0.15, -0.1) is 0 Å². The van der Waals surface area contributed by atoms with Gasteiger partial charge in [-0.3, -0.25) is 9.59 Å². The van der Waals surface area contributed by atoms with E-state index in [1.54, 1.807) is 0 Å². The van der Waals surface area contributed by atoms with E-state index in [0.717, 1.165) is 12.1 Å². The van der Waals surface area contributed by atoms with Gasteiger partial charge in [0.05, 0.1) is 11.4 Å². The van der Waals surface area contributed by atoms with Crippen molar-refractivity contribution in [1.82, 2.24) is 0 Å². The van der Waals surface area contributed by atoms with Gasteiger partial charge in [0.1, 0.15) is 23.4 Å². The van der Waals surface area contributed by atoms with E-state index < -0.39 is 35.2 Å². The molecule has 1 unspecified atom stereocenters.